The van der Waals surface area contributed by atoms with Crippen molar-refractivity contribution in [3.8, 4) is 22.3 Å². The lowest BCUT2D eigenvalue weighted by Crippen LogP contribution is -2.62. The molecule has 0 saturated heterocycles. The van der Waals surface area contributed by atoms with Crippen LogP contribution in [0.1, 0.15) is 274 Å². The molecule has 4 nitrogen and oxygen atoms in total. The Morgan fingerprint density at radius 1 is 0.172 bits per heavy atom. The van der Waals surface area contributed by atoms with E-state index in [-0.39, 0.29) is 43.3 Å². The molecule has 122 heavy (non-hydrogen) atoms. The van der Waals surface area contributed by atoms with Crippen molar-refractivity contribution in [3.63, 3.8) is 0 Å². The molecule has 13 aromatic rings. The van der Waals surface area contributed by atoms with Crippen molar-refractivity contribution in [1.82, 2.24) is 0 Å². The molecule has 0 radical (unpaired) electrons. The number of hydrogen-bond donors (Lipinski definition) is 0. The summed E-state index contributed by atoms with van der Waals surface area (Å²) in [7, 11) is 0. The maximum absolute atomic E-state index is 2.73. The molecule has 1 atom stereocenters. The summed E-state index contributed by atoms with van der Waals surface area (Å²) < 4.78 is 0. The Labute approximate surface area is 734 Å². The topological polar surface area (TPSA) is 13.0 Å². The summed E-state index contributed by atoms with van der Waals surface area (Å²) >= 11 is 0. The zero-order chi connectivity index (χ0) is 88.2. The fourth-order valence-corrected chi connectivity index (χ4v) is 20.3. The Bertz CT molecular complexity index is 5620. The highest BCUT2D eigenvalue weighted by molar-refractivity contribution is 6.11. The molecule has 0 fully saturated rings. The molecule has 13 aromatic carbocycles. The second-order valence-corrected chi connectivity index (χ2v) is 45.8. The lowest BCUT2D eigenvalue weighted by atomic mass is 9.39. The molecular formula is C118H136N4. The van der Waals surface area contributed by atoms with Crippen LogP contribution in [0.4, 0.5) is 68.2 Å². The maximum atomic E-state index is 2.73. The fraction of sp³-hybridized carbons (Fsp3) is 0.356. The van der Waals surface area contributed by atoms with Crippen molar-refractivity contribution < 1.29 is 0 Å². The summed E-state index contributed by atoms with van der Waals surface area (Å²) in [6, 6.07) is 111. The van der Waals surface area contributed by atoms with Gasteiger partial charge in [-0.1, -0.05) is 347 Å². The monoisotopic (exact) mass is 1610 g/mol. The van der Waals surface area contributed by atoms with E-state index in [1.165, 1.54) is 99.8 Å². The van der Waals surface area contributed by atoms with Gasteiger partial charge in [-0.05, 0) is 288 Å². The van der Waals surface area contributed by atoms with Gasteiger partial charge in [-0.2, -0.15) is 0 Å². The summed E-state index contributed by atoms with van der Waals surface area (Å²) in [4.78, 5) is 10.3. The lowest BCUT2D eigenvalue weighted by molar-refractivity contribution is 0.0595. The van der Waals surface area contributed by atoms with Crippen LogP contribution in [0.2, 0.25) is 0 Å². The van der Waals surface area contributed by atoms with Gasteiger partial charge in [0, 0.05) is 78.8 Å². The summed E-state index contributed by atoms with van der Waals surface area (Å²) in [6.07, 6.45) is 0. The molecule has 0 amide bonds. The molecule has 15 rings (SSSR count). The Morgan fingerprint density at radius 2 is 0.361 bits per heavy atom. The molecule has 2 aliphatic rings. The van der Waals surface area contributed by atoms with Gasteiger partial charge in [-0.25, -0.2) is 0 Å². The van der Waals surface area contributed by atoms with Gasteiger partial charge >= 0.3 is 0 Å². The van der Waals surface area contributed by atoms with Crippen LogP contribution >= 0.6 is 0 Å². The predicted octanol–water partition coefficient (Wildman–Crippen LogP) is 34.4. The van der Waals surface area contributed by atoms with Gasteiger partial charge in [0.05, 0.1) is 5.69 Å². The average molecular weight is 1610 g/mol. The van der Waals surface area contributed by atoms with E-state index in [0.717, 1.165) is 68.2 Å². The van der Waals surface area contributed by atoms with Crippen LogP contribution in [0.15, 0.2) is 279 Å². The third kappa shape index (κ3) is 15.2. The van der Waals surface area contributed by atoms with Crippen molar-refractivity contribution in [1.29, 1.82) is 0 Å². The van der Waals surface area contributed by atoms with Crippen molar-refractivity contribution >= 4 is 79.0 Å². The van der Waals surface area contributed by atoms with Crippen molar-refractivity contribution in [2.24, 2.45) is 10.8 Å². The number of benzene rings is 13. The van der Waals surface area contributed by atoms with Gasteiger partial charge in [0.15, 0.2) is 0 Å². The highest BCUT2D eigenvalue weighted by Gasteiger charge is 2.71. The van der Waals surface area contributed by atoms with Gasteiger partial charge < -0.3 is 19.6 Å². The van der Waals surface area contributed by atoms with Crippen LogP contribution in [0.25, 0.3) is 33.0 Å². The number of anilines is 12. The van der Waals surface area contributed by atoms with Crippen LogP contribution in [-0.4, -0.2) is 0 Å². The number of nitrogens with zero attached hydrogens (tertiary/aromatic N) is 4. The molecule has 0 spiro atoms. The van der Waals surface area contributed by atoms with E-state index < -0.39 is 21.7 Å². The molecule has 2 aliphatic carbocycles. The van der Waals surface area contributed by atoms with Crippen LogP contribution in [-0.2, 0) is 54.1 Å². The molecule has 1 unspecified atom stereocenters. The minimum absolute atomic E-state index is 0.0562. The Balaban J connectivity index is 1.15. The largest absolute Gasteiger partial charge is 0.310 e. The zero-order valence-electron chi connectivity index (χ0n) is 79.3. The van der Waals surface area contributed by atoms with Gasteiger partial charge in [0.2, 0.25) is 0 Å². The van der Waals surface area contributed by atoms with E-state index in [4.69, 9.17) is 0 Å². The van der Waals surface area contributed by atoms with E-state index in [0.29, 0.717) is 0 Å². The SMILES string of the molecule is CC(C)(C)c1ccc(N(c2ccc(C(C)(C)C)cc2)c2ccc3c(c2)C(C(C)(C)C)(C2(C(C)(C)C)c4cc(N(c5ccc(C(C)(C)C)cc5)c5ccc(C(C)(C)C)cc5)ccc4-c4c2cc(N(c2ccc(C(C)(C)C)cc2)c2ccc(C(C)(C)C)cc2)c2ccccc42)c2cc(N(c4ccc(C(C)(C)C)cc4)c4ccc(C(C)(C)C)cc4)ccc2-3)cc1. The van der Waals surface area contributed by atoms with Crippen molar-refractivity contribution in [2.75, 3.05) is 19.6 Å². The summed E-state index contributed by atoms with van der Waals surface area (Å²) in [5.41, 5.74) is 30.1. The van der Waals surface area contributed by atoms with E-state index in [2.05, 4.69) is 506 Å². The van der Waals surface area contributed by atoms with Crippen LogP contribution < -0.4 is 19.6 Å². The molecule has 0 aliphatic heterocycles. The van der Waals surface area contributed by atoms with Crippen molar-refractivity contribution in [2.45, 2.75) is 262 Å². The van der Waals surface area contributed by atoms with E-state index >= 15 is 0 Å². The molecule has 4 heteroatoms. The van der Waals surface area contributed by atoms with E-state index in [1.807, 2.05) is 0 Å². The first kappa shape index (κ1) is 86.3. The highest BCUT2D eigenvalue weighted by Crippen LogP contribution is 2.77. The first-order valence-electron chi connectivity index (χ1n) is 44.9. The number of hydrogen-bond acceptors (Lipinski definition) is 4. The Kier molecular flexibility index (Phi) is 21.3. The average Bonchev–Trinajstić information content (AvgIpc) is 1.46. The number of rotatable bonds is 13. The van der Waals surface area contributed by atoms with Crippen LogP contribution in [0.3, 0.4) is 0 Å². The summed E-state index contributed by atoms with van der Waals surface area (Å²) in [6.45, 7) is 71.4. The van der Waals surface area contributed by atoms with Crippen LogP contribution in [0.5, 0.6) is 0 Å². The van der Waals surface area contributed by atoms with Crippen LogP contribution in [0, 0.1) is 10.8 Å². The van der Waals surface area contributed by atoms with Crippen molar-refractivity contribution in [3.05, 3.63) is 346 Å². The van der Waals surface area contributed by atoms with E-state index in [9.17, 15) is 0 Å². The van der Waals surface area contributed by atoms with Gasteiger partial charge in [0.25, 0.3) is 0 Å². The van der Waals surface area contributed by atoms with Gasteiger partial charge in [-0.15, -0.1) is 0 Å². The smallest absolute Gasteiger partial charge is 0.0543 e. The second kappa shape index (κ2) is 30.1. The zero-order valence-corrected chi connectivity index (χ0v) is 79.3. The number of fused-ring (bicyclic) bond motifs is 8. The second-order valence-electron chi connectivity index (χ2n) is 45.8. The lowest BCUT2D eigenvalue weighted by Gasteiger charge is -2.62. The maximum Gasteiger partial charge on any atom is 0.0543 e. The summed E-state index contributed by atoms with van der Waals surface area (Å²) in [5.74, 6) is 0. The molecular weight excluding hydrogens is 1470 g/mol. The normalized spacial score (nSPS) is 15.1. The van der Waals surface area contributed by atoms with Gasteiger partial charge in [-0.3, -0.25) is 0 Å². The first-order valence-corrected chi connectivity index (χ1v) is 44.9. The molecule has 0 saturated carbocycles. The van der Waals surface area contributed by atoms with E-state index in [1.54, 1.807) is 0 Å². The Morgan fingerprint density at radius 3 is 0.582 bits per heavy atom. The molecule has 0 aromatic heterocycles. The first-order chi connectivity index (χ1) is 56.8. The molecule has 0 heterocycles. The Hall–Kier alpha value is -10.7. The standard InChI is InChI=1S/C118H136N4/c1-107(2,3)77-35-51-85(52-36-77)119(86-53-37-78(38-54-86)108(4,5)6)93-67-70-96-97-71-68-94(120(87-55-39-79(40-56-87)109(7,8)9)88-57-41-80(42-58-88)110(10,11)12)74-102(97)117(101(96)73-93,115(25,26)27)118(116(28,29)30)103-75-95(121(89-59-43-81(44-60-89)111(13,14)15)90-61-45-82(46-62-90)112(16,17)18)69-72-100(103)106-99-34-32-31-33-98(99)105(76-104(106)118)122(91-63-47-83(48-64-91)113(19,20)21)92-65-49-84(50-66-92)114(22,23)24/h31-76H,1-30H3. The third-order valence-corrected chi connectivity index (χ3v) is 27.0. The fourth-order valence-electron chi connectivity index (χ4n) is 20.3. The predicted molar refractivity (Wildman–Crippen MR) is 530 cm³/mol. The molecule has 0 N–H and O–H groups in total. The summed E-state index contributed by atoms with van der Waals surface area (Å²) in [5, 5.41) is 2.40. The third-order valence-electron chi connectivity index (χ3n) is 27.0. The quantitative estimate of drug-likeness (QED) is 0.114. The minimum Gasteiger partial charge on any atom is -0.310 e. The van der Waals surface area contributed by atoms with Gasteiger partial charge in [0.1, 0.15) is 0 Å². The highest BCUT2D eigenvalue weighted by atomic mass is 15.2. The molecule has 628 valence electrons. The minimum atomic E-state index is -0.980. The molecule has 0 bridgehead atoms.